The van der Waals surface area contributed by atoms with Crippen LogP contribution in [-0.2, 0) is 13.6 Å². The summed E-state index contributed by atoms with van der Waals surface area (Å²) in [4.78, 5) is 8.92. The normalized spacial score (nSPS) is 14.7. The third-order valence-corrected chi connectivity index (χ3v) is 4.85. The summed E-state index contributed by atoms with van der Waals surface area (Å²) < 4.78 is 2.03. The minimum atomic E-state index is 0.812. The number of likely N-dealkylation sites (N-methyl/N-ethyl adjacent to an activating group) is 1. The van der Waals surface area contributed by atoms with Gasteiger partial charge in [0.25, 0.3) is 0 Å². The highest BCUT2D eigenvalue weighted by molar-refractivity contribution is 7.07. The first kappa shape index (κ1) is 14.2. The van der Waals surface area contributed by atoms with Gasteiger partial charge in [0.05, 0.1) is 5.51 Å². The fourth-order valence-corrected chi connectivity index (χ4v) is 3.54. The molecule has 0 aliphatic carbocycles. The number of nitrogens with zero attached hydrogens (tertiary/aromatic N) is 6. The van der Waals surface area contributed by atoms with E-state index in [2.05, 4.69) is 56.3 Å². The summed E-state index contributed by atoms with van der Waals surface area (Å²) in [5, 5.41) is 10.8. The Balaban J connectivity index is 1.69. The van der Waals surface area contributed by atoms with Gasteiger partial charge in [0.1, 0.15) is 5.69 Å². The molecule has 0 amide bonds. The van der Waals surface area contributed by atoms with E-state index in [9.17, 15) is 0 Å². The van der Waals surface area contributed by atoms with Crippen molar-refractivity contribution in [2.24, 2.45) is 7.05 Å². The number of fused-ring (bicyclic) bond motifs is 1. The van der Waals surface area contributed by atoms with E-state index in [1.54, 1.807) is 11.3 Å². The van der Waals surface area contributed by atoms with E-state index < -0.39 is 0 Å². The second-order valence-electron chi connectivity index (χ2n) is 5.73. The van der Waals surface area contributed by atoms with E-state index in [0.29, 0.717) is 0 Å². The predicted molar refractivity (Wildman–Crippen MR) is 92.9 cm³/mol. The molecule has 4 rings (SSSR count). The van der Waals surface area contributed by atoms with Crippen molar-refractivity contribution in [3.63, 3.8) is 0 Å². The zero-order valence-corrected chi connectivity index (χ0v) is 14.0. The van der Waals surface area contributed by atoms with Crippen molar-refractivity contribution in [3.05, 3.63) is 40.7 Å². The highest BCUT2D eigenvalue weighted by Crippen LogP contribution is 2.27. The molecule has 0 spiro atoms. The molecule has 0 fully saturated rings. The molecule has 2 aromatic heterocycles. The third kappa shape index (κ3) is 2.46. The quantitative estimate of drug-likeness (QED) is 0.724. The van der Waals surface area contributed by atoms with Gasteiger partial charge in [-0.15, -0.1) is 21.5 Å². The fraction of sp³-hybridized carbons (Fsp3) is 0.312. The molecule has 0 N–H and O–H groups in total. The van der Waals surface area contributed by atoms with Crippen molar-refractivity contribution in [2.75, 3.05) is 29.9 Å². The van der Waals surface area contributed by atoms with Gasteiger partial charge in [0, 0.05) is 44.8 Å². The molecule has 3 aromatic rings. The van der Waals surface area contributed by atoms with Gasteiger partial charge in [-0.3, -0.25) is 4.57 Å². The van der Waals surface area contributed by atoms with Crippen LogP contribution in [-0.4, -0.2) is 39.9 Å². The Morgan fingerprint density at radius 1 is 1.09 bits per heavy atom. The largest absolute Gasteiger partial charge is 0.373 e. The standard InChI is InChI=1S/C16H18N6S/c1-20-7-8-22(9-12-5-3-4-6-14(12)20)16-19-18-15(21(16)2)13-10-23-11-17-13/h3-6,10-11H,7-9H2,1-2H3. The van der Waals surface area contributed by atoms with Gasteiger partial charge in [-0.2, -0.15) is 0 Å². The molecule has 7 heteroatoms. The number of para-hydroxylation sites is 1. The van der Waals surface area contributed by atoms with Gasteiger partial charge < -0.3 is 9.80 Å². The van der Waals surface area contributed by atoms with Crippen LogP contribution >= 0.6 is 11.3 Å². The molecule has 0 unspecified atom stereocenters. The molecule has 118 valence electrons. The predicted octanol–water partition coefficient (Wildman–Crippen LogP) is 2.40. The average molecular weight is 326 g/mol. The zero-order valence-electron chi connectivity index (χ0n) is 13.2. The maximum Gasteiger partial charge on any atom is 0.227 e. The molecule has 1 aliphatic rings. The van der Waals surface area contributed by atoms with Crippen molar-refractivity contribution in [2.45, 2.75) is 6.54 Å². The second-order valence-corrected chi connectivity index (χ2v) is 6.45. The van der Waals surface area contributed by atoms with Crippen molar-refractivity contribution in [1.82, 2.24) is 19.7 Å². The Kier molecular flexibility index (Phi) is 3.49. The molecule has 1 aromatic carbocycles. The van der Waals surface area contributed by atoms with Crippen LogP contribution in [0.4, 0.5) is 11.6 Å². The summed E-state index contributed by atoms with van der Waals surface area (Å²) in [5.41, 5.74) is 5.30. The number of anilines is 2. The van der Waals surface area contributed by atoms with E-state index in [4.69, 9.17) is 0 Å². The maximum absolute atomic E-state index is 4.42. The van der Waals surface area contributed by atoms with E-state index in [-0.39, 0.29) is 0 Å². The van der Waals surface area contributed by atoms with Gasteiger partial charge in [-0.25, -0.2) is 4.98 Å². The maximum atomic E-state index is 4.42. The first-order valence-electron chi connectivity index (χ1n) is 7.56. The van der Waals surface area contributed by atoms with Crippen LogP contribution in [0.15, 0.2) is 35.2 Å². The van der Waals surface area contributed by atoms with Gasteiger partial charge in [0.15, 0.2) is 5.82 Å². The molecule has 0 bridgehead atoms. The first-order valence-corrected chi connectivity index (χ1v) is 8.50. The van der Waals surface area contributed by atoms with Gasteiger partial charge >= 0.3 is 0 Å². The molecule has 1 aliphatic heterocycles. The van der Waals surface area contributed by atoms with Gasteiger partial charge in [-0.05, 0) is 11.6 Å². The lowest BCUT2D eigenvalue weighted by Gasteiger charge is -2.21. The lowest BCUT2D eigenvalue weighted by Crippen LogP contribution is -2.30. The Morgan fingerprint density at radius 3 is 2.78 bits per heavy atom. The average Bonchev–Trinajstić information content (AvgIpc) is 3.17. The highest BCUT2D eigenvalue weighted by Gasteiger charge is 2.22. The topological polar surface area (TPSA) is 50.1 Å². The Labute approximate surface area is 139 Å². The summed E-state index contributed by atoms with van der Waals surface area (Å²) in [5.74, 6) is 1.70. The van der Waals surface area contributed by atoms with Gasteiger partial charge in [-0.1, -0.05) is 18.2 Å². The molecule has 6 nitrogen and oxygen atoms in total. The van der Waals surface area contributed by atoms with Crippen LogP contribution in [0.5, 0.6) is 0 Å². The van der Waals surface area contributed by atoms with Crippen molar-refractivity contribution >= 4 is 23.0 Å². The molecular weight excluding hydrogens is 308 g/mol. The van der Waals surface area contributed by atoms with Crippen LogP contribution in [0.25, 0.3) is 11.5 Å². The van der Waals surface area contributed by atoms with E-state index in [1.807, 2.05) is 22.5 Å². The van der Waals surface area contributed by atoms with E-state index in [1.165, 1.54) is 11.3 Å². The molecule has 0 saturated carbocycles. The smallest absolute Gasteiger partial charge is 0.227 e. The van der Waals surface area contributed by atoms with E-state index in [0.717, 1.165) is 37.1 Å². The lowest BCUT2D eigenvalue weighted by molar-refractivity contribution is 0.738. The molecule has 0 radical (unpaired) electrons. The van der Waals surface area contributed by atoms with Crippen LogP contribution < -0.4 is 9.80 Å². The number of thiazole rings is 1. The van der Waals surface area contributed by atoms with Crippen molar-refractivity contribution in [3.8, 4) is 11.5 Å². The second kappa shape index (κ2) is 5.66. The van der Waals surface area contributed by atoms with E-state index >= 15 is 0 Å². The van der Waals surface area contributed by atoms with Crippen LogP contribution in [0, 0.1) is 0 Å². The molecule has 23 heavy (non-hydrogen) atoms. The molecule has 0 atom stereocenters. The minimum Gasteiger partial charge on any atom is -0.373 e. The minimum absolute atomic E-state index is 0.812. The summed E-state index contributed by atoms with van der Waals surface area (Å²) in [6.45, 7) is 2.70. The Bertz CT molecular complexity index is 810. The number of aromatic nitrogens is 4. The van der Waals surface area contributed by atoms with Crippen LogP contribution in [0.1, 0.15) is 5.56 Å². The van der Waals surface area contributed by atoms with Crippen LogP contribution in [0.3, 0.4) is 0 Å². The summed E-state index contributed by atoms with van der Waals surface area (Å²) in [7, 11) is 4.14. The van der Waals surface area contributed by atoms with Crippen LogP contribution in [0.2, 0.25) is 0 Å². The van der Waals surface area contributed by atoms with Crippen molar-refractivity contribution < 1.29 is 0 Å². The molecular formula is C16H18N6S. The SMILES string of the molecule is CN1CCN(c2nnc(-c3cscn3)n2C)Cc2ccccc21. The zero-order chi connectivity index (χ0) is 15.8. The number of benzene rings is 1. The summed E-state index contributed by atoms with van der Waals surface area (Å²) in [6.07, 6.45) is 0. The molecule has 3 heterocycles. The summed E-state index contributed by atoms with van der Waals surface area (Å²) >= 11 is 1.57. The first-order chi connectivity index (χ1) is 11.2. The molecule has 0 saturated heterocycles. The number of hydrogen-bond donors (Lipinski definition) is 0. The third-order valence-electron chi connectivity index (χ3n) is 4.27. The van der Waals surface area contributed by atoms with Gasteiger partial charge in [0.2, 0.25) is 5.95 Å². The Morgan fingerprint density at radius 2 is 1.96 bits per heavy atom. The fourth-order valence-electron chi connectivity index (χ4n) is 3.01. The lowest BCUT2D eigenvalue weighted by atomic mass is 10.1. The number of hydrogen-bond acceptors (Lipinski definition) is 6. The van der Waals surface area contributed by atoms with Crippen molar-refractivity contribution in [1.29, 1.82) is 0 Å². The highest BCUT2D eigenvalue weighted by atomic mass is 32.1. The summed E-state index contributed by atoms with van der Waals surface area (Å²) in [6, 6.07) is 8.54. The monoisotopic (exact) mass is 326 g/mol. The number of rotatable bonds is 2. The Hall–Kier alpha value is -2.41.